The average molecular weight is 368 g/mol. The number of nitrogens with zero attached hydrogens (tertiary/aromatic N) is 1. The number of carbonyl (C=O) groups is 1. The second-order valence-corrected chi connectivity index (χ2v) is 6.99. The Hall–Kier alpha value is -0.0700. The SMILES string of the molecule is COCCN1CCC(NC(=O)C2CC23CCNCC3)CC1.Cl.Cl. The third-order valence-corrected chi connectivity index (χ3v) is 5.65. The average Bonchev–Trinajstić information content (AvgIpc) is 3.21. The van der Waals surface area contributed by atoms with Crippen molar-refractivity contribution in [1.82, 2.24) is 15.5 Å². The molecule has 0 radical (unpaired) electrons. The smallest absolute Gasteiger partial charge is 0.223 e. The fourth-order valence-corrected chi connectivity index (χ4v) is 4.02. The van der Waals surface area contributed by atoms with Crippen LogP contribution < -0.4 is 10.6 Å². The molecule has 23 heavy (non-hydrogen) atoms. The summed E-state index contributed by atoms with van der Waals surface area (Å²) in [6.07, 6.45) is 5.64. The van der Waals surface area contributed by atoms with Crippen molar-refractivity contribution < 1.29 is 9.53 Å². The zero-order valence-corrected chi connectivity index (χ0v) is 15.6. The maximum atomic E-state index is 12.4. The van der Waals surface area contributed by atoms with Crippen LogP contribution in [-0.4, -0.2) is 63.3 Å². The van der Waals surface area contributed by atoms with E-state index in [9.17, 15) is 4.79 Å². The second-order valence-electron chi connectivity index (χ2n) is 6.99. The van der Waals surface area contributed by atoms with Gasteiger partial charge in [-0.15, -0.1) is 24.8 Å². The summed E-state index contributed by atoms with van der Waals surface area (Å²) in [5.41, 5.74) is 0.356. The Balaban J connectivity index is 0.00000132. The zero-order chi connectivity index (χ0) is 14.7. The minimum atomic E-state index is 0. The van der Waals surface area contributed by atoms with Gasteiger partial charge in [0.25, 0.3) is 0 Å². The van der Waals surface area contributed by atoms with Gasteiger partial charge in [0.1, 0.15) is 0 Å². The number of nitrogens with one attached hydrogen (secondary N) is 2. The van der Waals surface area contributed by atoms with Crippen molar-refractivity contribution in [1.29, 1.82) is 0 Å². The lowest BCUT2D eigenvalue weighted by atomic mass is 9.91. The molecule has 2 N–H and O–H groups in total. The molecule has 7 heteroatoms. The van der Waals surface area contributed by atoms with E-state index in [4.69, 9.17) is 4.74 Å². The lowest BCUT2D eigenvalue weighted by Gasteiger charge is -2.32. The lowest BCUT2D eigenvalue weighted by molar-refractivity contribution is -0.124. The molecule has 1 saturated carbocycles. The first-order valence-corrected chi connectivity index (χ1v) is 8.46. The summed E-state index contributed by atoms with van der Waals surface area (Å²) in [6.45, 7) is 6.14. The molecule has 1 atom stereocenters. The molecule has 1 spiro atoms. The van der Waals surface area contributed by atoms with E-state index in [0.29, 0.717) is 23.3 Å². The molecule has 0 aromatic heterocycles. The summed E-state index contributed by atoms with van der Waals surface area (Å²) < 4.78 is 5.12. The fourth-order valence-electron chi connectivity index (χ4n) is 4.02. The number of rotatable bonds is 5. The highest BCUT2D eigenvalue weighted by atomic mass is 35.5. The van der Waals surface area contributed by atoms with E-state index >= 15 is 0 Å². The lowest BCUT2D eigenvalue weighted by Crippen LogP contribution is -2.46. The van der Waals surface area contributed by atoms with E-state index in [1.165, 1.54) is 12.8 Å². The van der Waals surface area contributed by atoms with Crippen LogP contribution in [-0.2, 0) is 9.53 Å². The highest BCUT2D eigenvalue weighted by Crippen LogP contribution is 2.58. The summed E-state index contributed by atoms with van der Waals surface area (Å²) in [6, 6.07) is 0.385. The number of hydrogen-bond acceptors (Lipinski definition) is 4. The van der Waals surface area contributed by atoms with E-state index in [1.807, 2.05) is 0 Å². The van der Waals surface area contributed by atoms with Crippen molar-refractivity contribution in [3.05, 3.63) is 0 Å². The van der Waals surface area contributed by atoms with Gasteiger partial charge in [-0.1, -0.05) is 0 Å². The first-order valence-electron chi connectivity index (χ1n) is 8.46. The van der Waals surface area contributed by atoms with Crippen molar-refractivity contribution in [2.45, 2.75) is 38.1 Å². The molecule has 0 aromatic carbocycles. The molecule has 3 rings (SSSR count). The molecule has 136 valence electrons. The van der Waals surface area contributed by atoms with Crippen molar-refractivity contribution in [2.75, 3.05) is 46.4 Å². The van der Waals surface area contributed by atoms with E-state index in [0.717, 1.165) is 58.6 Å². The van der Waals surface area contributed by atoms with Crippen LogP contribution in [0.4, 0.5) is 0 Å². The van der Waals surface area contributed by atoms with E-state index in [-0.39, 0.29) is 24.8 Å². The number of methoxy groups -OCH3 is 1. The molecular formula is C16H31Cl2N3O2. The summed E-state index contributed by atoms with van der Waals surface area (Å²) >= 11 is 0. The highest BCUT2D eigenvalue weighted by molar-refractivity contribution is 5.85. The Labute approximate surface area is 152 Å². The van der Waals surface area contributed by atoms with Crippen LogP contribution in [0, 0.1) is 11.3 Å². The van der Waals surface area contributed by atoms with Gasteiger partial charge in [-0.05, 0) is 50.6 Å². The molecule has 5 nitrogen and oxygen atoms in total. The summed E-state index contributed by atoms with van der Waals surface area (Å²) in [5.74, 6) is 0.623. The molecule has 1 aliphatic carbocycles. The summed E-state index contributed by atoms with van der Waals surface area (Å²) in [5, 5.41) is 6.71. The van der Waals surface area contributed by atoms with Crippen LogP contribution in [0.3, 0.4) is 0 Å². The molecule has 1 unspecified atom stereocenters. The van der Waals surface area contributed by atoms with Gasteiger partial charge in [0, 0.05) is 38.7 Å². The van der Waals surface area contributed by atoms with Crippen molar-refractivity contribution in [2.24, 2.45) is 11.3 Å². The zero-order valence-electron chi connectivity index (χ0n) is 14.0. The number of halogens is 2. The number of piperidine rings is 2. The largest absolute Gasteiger partial charge is 0.383 e. The molecule has 0 aromatic rings. The Morgan fingerprint density at radius 1 is 1.26 bits per heavy atom. The van der Waals surface area contributed by atoms with Gasteiger partial charge in [-0.3, -0.25) is 4.79 Å². The first kappa shape index (κ1) is 21.0. The standard InChI is InChI=1S/C16H29N3O2.2ClH/c1-21-11-10-19-8-2-13(3-9-19)18-15(20)14-12-16(14)4-6-17-7-5-16;;/h13-14,17H,2-12H2,1H3,(H,18,20);2*1H. The normalized spacial score (nSPS) is 26.9. The maximum absolute atomic E-state index is 12.4. The molecule has 2 heterocycles. The number of amides is 1. The quantitative estimate of drug-likeness (QED) is 0.771. The summed E-state index contributed by atoms with van der Waals surface area (Å²) in [4.78, 5) is 14.9. The minimum absolute atomic E-state index is 0. The van der Waals surface area contributed by atoms with Gasteiger partial charge in [-0.25, -0.2) is 0 Å². The topological polar surface area (TPSA) is 53.6 Å². The van der Waals surface area contributed by atoms with Crippen LogP contribution in [0.2, 0.25) is 0 Å². The van der Waals surface area contributed by atoms with Crippen LogP contribution in [0.15, 0.2) is 0 Å². The van der Waals surface area contributed by atoms with E-state index in [1.54, 1.807) is 7.11 Å². The minimum Gasteiger partial charge on any atom is -0.383 e. The van der Waals surface area contributed by atoms with Gasteiger partial charge in [0.05, 0.1) is 6.61 Å². The number of ether oxygens (including phenoxy) is 1. The summed E-state index contributed by atoms with van der Waals surface area (Å²) in [7, 11) is 1.75. The Bertz CT molecular complexity index is 370. The van der Waals surface area contributed by atoms with Crippen molar-refractivity contribution in [3.8, 4) is 0 Å². The monoisotopic (exact) mass is 367 g/mol. The molecule has 0 bridgehead atoms. The predicted octanol–water partition coefficient (Wildman–Crippen LogP) is 1.45. The third kappa shape index (κ3) is 5.20. The predicted molar refractivity (Wildman–Crippen MR) is 96.6 cm³/mol. The van der Waals surface area contributed by atoms with Crippen molar-refractivity contribution >= 4 is 30.7 Å². The van der Waals surface area contributed by atoms with E-state index < -0.39 is 0 Å². The maximum Gasteiger partial charge on any atom is 0.223 e. The van der Waals surface area contributed by atoms with Gasteiger partial charge >= 0.3 is 0 Å². The molecule has 2 saturated heterocycles. The van der Waals surface area contributed by atoms with Crippen LogP contribution in [0.1, 0.15) is 32.1 Å². The highest BCUT2D eigenvalue weighted by Gasteiger charge is 2.57. The molecule has 3 aliphatic rings. The van der Waals surface area contributed by atoms with Gasteiger partial charge < -0.3 is 20.3 Å². The number of likely N-dealkylation sites (tertiary alicyclic amines) is 1. The third-order valence-electron chi connectivity index (χ3n) is 5.65. The Morgan fingerprint density at radius 3 is 2.52 bits per heavy atom. The van der Waals surface area contributed by atoms with E-state index in [2.05, 4.69) is 15.5 Å². The van der Waals surface area contributed by atoms with Crippen LogP contribution in [0.5, 0.6) is 0 Å². The Kier molecular flexibility index (Phi) is 8.59. The van der Waals surface area contributed by atoms with Crippen LogP contribution in [0.25, 0.3) is 0 Å². The molecule has 2 aliphatic heterocycles. The first-order chi connectivity index (χ1) is 10.2. The fraction of sp³-hybridized carbons (Fsp3) is 0.938. The molecule has 3 fully saturated rings. The van der Waals surface area contributed by atoms with Gasteiger partial charge in [0.15, 0.2) is 0 Å². The van der Waals surface area contributed by atoms with Gasteiger partial charge in [-0.2, -0.15) is 0 Å². The molecular weight excluding hydrogens is 337 g/mol. The number of carbonyl (C=O) groups excluding carboxylic acids is 1. The Morgan fingerprint density at radius 2 is 1.91 bits per heavy atom. The van der Waals surface area contributed by atoms with Crippen molar-refractivity contribution in [3.63, 3.8) is 0 Å². The second kappa shape index (κ2) is 9.42. The molecule has 1 amide bonds. The number of hydrogen-bond donors (Lipinski definition) is 2. The van der Waals surface area contributed by atoms with Crippen LogP contribution >= 0.6 is 24.8 Å². The van der Waals surface area contributed by atoms with Gasteiger partial charge in [0.2, 0.25) is 5.91 Å².